The molecule has 9 heteroatoms. The Kier molecular flexibility index (Phi) is 5.89. The standard InChI is InChI=1S/C27H31N5O4/c1-17-14-28-24(31-26(33)18-8-9-18)13-22(17)30-21-6-3-5-20(25(21)34-2)19-15-29-32(16-19)23-7-4-10-27(23)35-11-12-36-27/h3,5-6,13-16,18,23H,4,7-12H2,1-2H3,(H2,28,30,31,33). The molecular formula is C27H31N5O4. The van der Waals surface area contributed by atoms with Gasteiger partial charge in [-0.1, -0.05) is 12.1 Å². The molecule has 1 saturated heterocycles. The molecule has 9 nitrogen and oxygen atoms in total. The van der Waals surface area contributed by atoms with E-state index in [1.165, 1.54) is 0 Å². The van der Waals surface area contributed by atoms with Gasteiger partial charge in [-0.3, -0.25) is 9.48 Å². The second kappa shape index (κ2) is 9.22. The minimum absolute atomic E-state index is 0.0336. The Balaban J connectivity index is 1.27. The fraction of sp³-hybridized carbons (Fsp3) is 0.444. The van der Waals surface area contributed by atoms with Crippen LogP contribution in [0.4, 0.5) is 17.2 Å². The summed E-state index contributed by atoms with van der Waals surface area (Å²) in [6.07, 6.45) is 10.5. The molecule has 1 aliphatic heterocycles. The van der Waals surface area contributed by atoms with E-state index in [-0.39, 0.29) is 17.9 Å². The number of hydrogen-bond acceptors (Lipinski definition) is 7. The number of hydrogen-bond donors (Lipinski definition) is 2. The van der Waals surface area contributed by atoms with Crippen molar-refractivity contribution in [1.29, 1.82) is 0 Å². The first kappa shape index (κ1) is 23.0. The minimum Gasteiger partial charge on any atom is -0.494 e. The molecule has 0 bridgehead atoms. The summed E-state index contributed by atoms with van der Waals surface area (Å²) < 4.78 is 19.9. The highest BCUT2D eigenvalue weighted by Gasteiger charge is 2.49. The van der Waals surface area contributed by atoms with Crippen molar-refractivity contribution in [1.82, 2.24) is 14.8 Å². The van der Waals surface area contributed by atoms with Gasteiger partial charge in [0, 0.05) is 47.6 Å². The number of benzene rings is 1. The Morgan fingerprint density at radius 1 is 1.17 bits per heavy atom. The lowest BCUT2D eigenvalue weighted by atomic mass is 10.1. The summed E-state index contributed by atoms with van der Waals surface area (Å²) in [6, 6.07) is 7.91. The zero-order valence-electron chi connectivity index (χ0n) is 20.6. The molecule has 1 aromatic carbocycles. The summed E-state index contributed by atoms with van der Waals surface area (Å²) in [5, 5.41) is 11.1. The van der Waals surface area contributed by atoms with Crippen molar-refractivity contribution in [3.63, 3.8) is 0 Å². The smallest absolute Gasteiger partial charge is 0.228 e. The third-order valence-corrected chi connectivity index (χ3v) is 7.31. The van der Waals surface area contributed by atoms with Crippen LogP contribution in [0.25, 0.3) is 11.1 Å². The second-order valence-electron chi connectivity index (χ2n) is 9.79. The number of aromatic nitrogens is 3. The number of pyridine rings is 1. The number of ether oxygens (including phenoxy) is 3. The van der Waals surface area contributed by atoms with Crippen LogP contribution in [-0.2, 0) is 14.3 Å². The molecule has 3 aromatic rings. The van der Waals surface area contributed by atoms with Gasteiger partial charge in [-0.2, -0.15) is 5.10 Å². The molecule has 6 rings (SSSR count). The highest BCUT2D eigenvalue weighted by molar-refractivity contribution is 5.93. The molecule has 1 spiro atoms. The Bertz CT molecular complexity index is 1270. The number of rotatable bonds is 7. The lowest BCUT2D eigenvalue weighted by Crippen LogP contribution is -2.36. The van der Waals surface area contributed by atoms with E-state index < -0.39 is 5.79 Å². The van der Waals surface area contributed by atoms with E-state index in [0.717, 1.165) is 60.2 Å². The fourth-order valence-corrected chi connectivity index (χ4v) is 5.25. The van der Waals surface area contributed by atoms with Crippen LogP contribution in [0.5, 0.6) is 5.75 Å². The monoisotopic (exact) mass is 489 g/mol. The predicted molar refractivity (Wildman–Crippen MR) is 135 cm³/mol. The van der Waals surface area contributed by atoms with Crippen LogP contribution < -0.4 is 15.4 Å². The van der Waals surface area contributed by atoms with Crippen molar-refractivity contribution in [3.05, 3.63) is 48.4 Å². The average molecular weight is 490 g/mol. The largest absolute Gasteiger partial charge is 0.494 e. The Morgan fingerprint density at radius 3 is 2.78 bits per heavy atom. The topological polar surface area (TPSA) is 99.5 Å². The lowest BCUT2D eigenvalue weighted by Gasteiger charge is -2.29. The zero-order chi connectivity index (χ0) is 24.7. The number of methoxy groups -OCH3 is 1. The molecule has 2 aliphatic carbocycles. The minimum atomic E-state index is -0.553. The molecule has 1 atom stereocenters. The quantitative estimate of drug-likeness (QED) is 0.491. The number of anilines is 3. The van der Waals surface area contributed by atoms with Crippen LogP contribution in [0.3, 0.4) is 0 Å². The van der Waals surface area contributed by atoms with Gasteiger partial charge in [-0.25, -0.2) is 4.98 Å². The Morgan fingerprint density at radius 2 is 2.00 bits per heavy atom. The van der Waals surface area contributed by atoms with Crippen molar-refractivity contribution in [3.8, 4) is 16.9 Å². The number of carbonyl (C=O) groups excluding carboxylic acids is 1. The third-order valence-electron chi connectivity index (χ3n) is 7.31. The molecule has 36 heavy (non-hydrogen) atoms. The highest BCUT2D eigenvalue weighted by Crippen LogP contribution is 2.46. The van der Waals surface area contributed by atoms with E-state index in [0.29, 0.717) is 24.8 Å². The van der Waals surface area contributed by atoms with E-state index in [9.17, 15) is 4.79 Å². The van der Waals surface area contributed by atoms with E-state index in [4.69, 9.17) is 14.2 Å². The molecule has 3 aliphatic rings. The average Bonchev–Trinajstić information content (AvgIpc) is 3.26. The summed E-state index contributed by atoms with van der Waals surface area (Å²) in [5.41, 5.74) is 4.52. The van der Waals surface area contributed by atoms with Crippen molar-refractivity contribution >= 4 is 23.1 Å². The number of nitrogens with zero attached hydrogens (tertiary/aromatic N) is 3. The van der Waals surface area contributed by atoms with Crippen LogP contribution in [0.2, 0.25) is 0 Å². The molecule has 0 radical (unpaired) electrons. The molecule has 3 heterocycles. The van der Waals surface area contributed by atoms with Crippen LogP contribution in [0.15, 0.2) is 42.9 Å². The first-order valence-electron chi connectivity index (χ1n) is 12.6. The van der Waals surface area contributed by atoms with Gasteiger partial charge < -0.3 is 24.8 Å². The Labute approximate surface area is 210 Å². The van der Waals surface area contributed by atoms with E-state index >= 15 is 0 Å². The van der Waals surface area contributed by atoms with Crippen molar-refractivity contribution in [2.75, 3.05) is 31.0 Å². The maximum atomic E-state index is 12.2. The van der Waals surface area contributed by atoms with E-state index in [2.05, 4.69) is 20.7 Å². The number of aryl methyl sites for hydroxylation is 1. The van der Waals surface area contributed by atoms with Gasteiger partial charge in [0.25, 0.3) is 0 Å². The molecule has 2 saturated carbocycles. The number of para-hydroxylation sites is 1. The van der Waals surface area contributed by atoms with Crippen LogP contribution in [-0.4, -0.2) is 46.8 Å². The summed E-state index contributed by atoms with van der Waals surface area (Å²) >= 11 is 0. The lowest BCUT2D eigenvalue weighted by molar-refractivity contribution is -0.177. The summed E-state index contributed by atoms with van der Waals surface area (Å²) in [7, 11) is 1.67. The normalized spacial score (nSPS) is 20.6. The molecular weight excluding hydrogens is 458 g/mol. The first-order valence-corrected chi connectivity index (χ1v) is 12.6. The van der Waals surface area contributed by atoms with Crippen molar-refractivity contribution < 1.29 is 19.0 Å². The van der Waals surface area contributed by atoms with Gasteiger partial charge in [-0.05, 0) is 44.2 Å². The zero-order valence-corrected chi connectivity index (χ0v) is 20.6. The maximum Gasteiger partial charge on any atom is 0.228 e. The van der Waals surface area contributed by atoms with Gasteiger partial charge in [-0.15, -0.1) is 0 Å². The van der Waals surface area contributed by atoms with Gasteiger partial charge in [0.05, 0.1) is 32.2 Å². The molecule has 2 N–H and O–H groups in total. The molecule has 1 unspecified atom stereocenters. The van der Waals surface area contributed by atoms with Crippen LogP contribution in [0, 0.1) is 12.8 Å². The van der Waals surface area contributed by atoms with Crippen LogP contribution >= 0.6 is 0 Å². The van der Waals surface area contributed by atoms with E-state index in [1.807, 2.05) is 48.3 Å². The number of carbonyl (C=O) groups is 1. The first-order chi connectivity index (χ1) is 17.6. The molecule has 188 valence electrons. The summed E-state index contributed by atoms with van der Waals surface area (Å²) in [6.45, 7) is 3.24. The molecule has 1 amide bonds. The van der Waals surface area contributed by atoms with Crippen LogP contribution in [0.1, 0.15) is 43.7 Å². The van der Waals surface area contributed by atoms with Gasteiger partial charge >= 0.3 is 0 Å². The van der Waals surface area contributed by atoms with Gasteiger partial charge in [0.2, 0.25) is 5.91 Å². The summed E-state index contributed by atoms with van der Waals surface area (Å²) in [5.74, 6) is 0.853. The summed E-state index contributed by atoms with van der Waals surface area (Å²) in [4.78, 5) is 16.6. The van der Waals surface area contributed by atoms with Crippen molar-refractivity contribution in [2.24, 2.45) is 5.92 Å². The third kappa shape index (κ3) is 4.22. The SMILES string of the molecule is COc1c(Nc2cc(NC(=O)C3CC3)ncc2C)cccc1-c1cnn(C2CCCC23OCCO3)c1. The number of nitrogens with one attached hydrogen (secondary N) is 2. The van der Waals surface area contributed by atoms with Gasteiger partial charge in [0.1, 0.15) is 17.6 Å². The van der Waals surface area contributed by atoms with E-state index in [1.54, 1.807) is 13.3 Å². The second-order valence-corrected chi connectivity index (χ2v) is 9.79. The maximum absolute atomic E-state index is 12.2. The molecule has 3 fully saturated rings. The van der Waals surface area contributed by atoms with Gasteiger partial charge in [0.15, 0.2) is 5.79 Å². The van der Waals surface area contributed by atoms with Crippen molar-refractivity contribution in [2.45, 2.75) is 50.9 Å². The predicted octanol–water partition coefficient (Wildman–Crippen LogP) is 4.82. The Hall–Kier alpha value is -3.43. The fourth-order valence-electron chi connectivity index (χ4n) is 5.25. The number of amides is 1. The highest BCUT2D eigenvalue weighted by atomic mass is 16.7. The molecule has 2 aromatic heterocycles.